The second kappa shape index (κ2) is 6.88. The van der Waals surface area contributed by atoms with Crippen molar-refractivity contribution < 1.29 is 11.0 Å². The summed E-state index contributed by atoms with van der Waals surface area (Å²) in [5.41, 5.74) is 0. The predicted molar refractivity (Wildman–Crippen MR) is 33.9 cm³/mol. The Kier molecular flexibility index (Phi) is 9.28. The fraction of sp³-hybridized carbons (Fsp3) is 1.00. The average Bonchev–Trinajstić information content (AvgIpc) is 1.72. The molecule has 0 radical (unpaired) electrons. The number of hydrogen-bond acceptors (Lipinski definition) is 1. The van der Waals surface area contributed by atoms with Crippen LogP contribution in [0.1, 0.15) is 19.3 Å². The molecule has 8 heavy (non-hydrogen) atoms. The van der Waals surface area contributed by atoms with Gasteiger partial charge in [-0.1, -0.05) is 6.42 Å². The van der Waals surface area contributed by atoms with Gasteiger partial charge in [0.1, 0.15) is 0 Å². The van der Waals surface area contributed by atoms with Gasteiger partial charge in [0.05, 0.1) is 0 Å². The van der Waals surface area contributed by atoms with E-state index < -0.39 is 0 Å². The molecule has 0 aromatic carbocycles. The molecule has 5 N–H and O–H groups in total. The molecule has 52 valence electrons. The summed E-state index contributed by atoms with van der Waals surface area (Å²) in [6, 6.07) is 0. The smallest absolute Gasteiger partial charge is 0.00489 e. The Morgan fingerprint density at radius 1 is 0.750 bits per heavy atom. The average molecular weight is 121 g/mol. The van der Waals surface area contributed by atoms with Crippen LogP contribution in [0.3, 0.4) is 0 Å². The first-order chi connectivity index (χ1) is 3.00. The Morgan fingerprint density at radius 2 is 1.25 bits per heavy atom. The van der Waals surface area contributed by atoms with Crippen LogP contribution in [0, 0.1) is 0 Å². The number of piperidine rings is 1. The fourth-order valence-electron chi connectivity index (χ4n) is 0.802. The van der Waals surface area contributed by atoms with Crippen LogP contribution in [0.25, 0.3) is 0 Å². The summed E-state index contributed by atoms with van der Waals surface area (Å²) < 4.78 is 0. The largest absolute Gasteiger partial charge is 0.412 e. The Bertz CT molecular complexity index is 25.9. The summed E-state index contributed by atoms with van der Waals surface area (Å²) in [7, 11) is 0. The van der Waals surface area contributed by atoms with Crippen LogP contribution in [-0.2, 0) is 0 Å². The van der Waals surface area contributed by atoms with Crippen LogP contribution in [0.2, 0.25) is 0 Å². The van der Waals surface area contributed by atoms with Crippen molar-refractivity contribution >= 4 is 0 Å². The molecular formula is C5H15NO2. The van der Waals surface area contributed by atoms with E-state index in [-0.39, 0.29) is 11.0 Å². The highest BCUT2D eigenvalue weighted by Gasteiger charge is 1.93. The Hall–Kier alpha value is -0.120. The van der Waals surface area contributed by atoms with Gasteiger partial charge in [0.15, 0.2) is 0 Å². The van der Waals surface area contributed by atoms with Gasteiger partial charge >= 0.3 is 0 Å². The molecule has 0 bridgehead atoms. The van der Waals surface area contributed by atoms with Gasteiger partial charge in [-0.05, 0) is 25.9 Å². The highest BCUT2D eigenvalue weighted by atomic mass is 16.0. The van der Waals surface area contributed by atoms with E-state index in [4.69, 9.17) is 0 Å². The van der Waals surface area contributed by atoms with Gasteiger partial charge in [0.2, 0.25) is 0 Å². The summed E-state index contributed by atoms with van der Waals surface area (Å²) in [5, 5.41) is 3.28. The van der Waals surface area contributed by atoms with Crippen LogP contribution in [-0.4, -0.2) is 24.0 Å². The summed E-state index contributed by atoms with van der Waals surface area (Å²) in [4.78, 5) is 0. The molecule has 1 rings (SSSR count). The van der Waals surface area contributed by atoms with E-state index in [0.717, 1.165) is 0 Å². The van der Waals surface area contributed by atoms with E-state index in [1.165, 1.54) is 32.4 Å². The van der Waals surface area contributed by atoms with Crippen molar-refractivity contribution in [2.45, 2.75) is 19.3 Å². The van der Waals surface area contributed by atoms with Crippen molar-refractivity contribution in [1.82, 2.24) is 5.32 Å². The molecule has 3 heteroatoms. The third kappa shape index (κ3) is 4.05. The molecular weight excluding hydrogens is 106 g/mol. The lowest BCUT2D eigenvalue weighted by atomic mass is 10.2. The van der Waals surface area contributed by atoms with Gasteiger partial charge in [-0.25, -0.2) is 0 Å². The molecule has 1 aliphatic rings. The monoisotopic (exact) mass is 121 g/mol. The van der Waals surface area contributed by atoms with Gasteiger partial charge in [0, 0.05) is 0 Å². The molecule has 1 saturated heterocycles. The minimum Gasteiger partial charge on any atom is -0.412 e. The van der Waals surface area contributed by atoms with Gasteiger partial charge in [-0.2, -0.15) is 0 Å². The molecule has 3 nitrogen and oxygen atoms in total. The topological polar surface area (TPSA) is 75.0 Å². The molecule has 1 aliphatic heterocycles. The van der Waals surface area contributed by atoms with E-state index >= 15 is 0 Å². The minimum absolute atomic E-state index is 0. The van der Waals surface area contributed by atoms with Crippen molar-refractivity contribution in [2.24, 2.45) is 0 Å². The minimum atomic E-state index is 0. The van der Waals surface area contributed by atoms with E-state index in [1.54, 1.807) is 0 Å². The lowest BCUT2D eigenvalue weighted by molar-refractivity contribution is 0.520. The third-order valence-corrected chi connectivity index (χ3v) is 1.21. The second-order valence-electron chi connectivity index (χ2n) is 1.81. The van der Waals surface area contributed by atoms with E-state index in [9.17, 15) is 0 Å². The summed E-state index contributed by atoms with van der Waals surface area (Å²) in [6.07, 6.45) is 4.22. The van der Waals surface area contributed by atoms with Gasteiger partial charge in [-0.3, -0.25) is 0 Å². The van der Waals surface area contributed by atoms with Crippen LogP contribution in [0.15, 0.2) is 0 Å². The van der Waals surface area contributed by atoms with Crippen molar-refractivity contribution in [2.75, 3.05) is 13.1 Å². The molecule has 0 atom stereocenters. The van der Waals surface area contributed by atoms with Crippen molar-refractivity contribution in [3.05, 3.63) is 0 Å². The van der Waals surface area contributed by atoms with Crippen LogP contribution >= 0.6 is 0 Å². The SMILES string of the molecule is C1CCNCC1.O.O. The molecule has 0 unspecified atom stereocenters. The fourth-order valence-corrected chi connectivity index (χ4v) is 0.802. The molecule has 0 amide bonds. The maximum atomic E-state index is 3.28. The molecule has 1 fully saturated rings. The third-order valence-electron chi connectivity index (χ3n) is 1.21. The van der Waals surface area contributed by atoms with Crippen LogP contribution in [0.4, 0.5) is 0 Å². The maximum absolute atomic E-state index is 3.28. The first-order valence-corrected chi connectivity index (χ1v) is 2.71. The van der Waals surface area contributed by atoms with E-state index in [1.807, 2.05) is 0 Å². The van der Waals surface area contributed by atoms with Crippen molar-refractivity contribution in [3.8, 4) is 0 Å². The van der Waals surface area contributed by atoms with Crippen molar-refractivity contribution in [1.29, 1.82) is 0 Å². The van der Waals surface area contributed by atoms with E-state index in [2.05, 4.69) is 5.32 Å². The number of nitrogens with one attached hydrogen (secondary N) is 1. The second-order valence-corrected chi connectivity index (χ2v) is 1.81. The van der Waals surface area contributed by atoms with Gasteiger partial charge in [0.25, 0.3) is 0 Å². The lowest BCUT2D eigenvalue weighted by Crippen LogP contribution is -2.21. The summed E-state index contributed by atoms with van der Waals surface area (Å²) in [6.45, 7) is 2.50. The zero-order chi connectivity index (χ0) is 4.24. The molecule has 0 aliphatic carbocycles. The first kappa shape index (κ1) is 10.8. The molecule has 0 aromatic rings. The lowest BCUT2D eigenvalue weighted by Gasteiger charge is -2.08. The number of rotatable bonds is 0. The zero-order valence-electron chi connectivity index (χ0n) is 5.04. The van der Waals surface area contributed by atoms with Gasteiger partial charge < -0.3 is 16.3 Å². The summed E-state index contributed by atoms with van der Waals surface area (Å²) >= 11 is 0. The quantitative estimate of drug-likeness (QED) is 0.443. The summed E-state index contributed by atoms with van der Waals surface area (Å²) in [5.74, 6) is 0. The predicted octanol–water partition coefficient (Wildman–Crippen LogP) is -0.890. The highest BCUT2D eigenvalue weighted by Crippen LogP contribution is 1.96. The Morgan fingerprint density at radius 3 is 1.38 bits per heavy atom. The normalized spacial score (nSPS) is 18.0. The van der Waals surface area contributed by atoms with Crippen LogP contribution in [0.5, 0.6) is 0 Å². The first-order valence-electron chi connectivity index (χ1n) is 2.71. The van der Waals surface area contributed by atoms with E-state index in [0.29, 0.717) is 0 Å². The molecule has 0 saturated carbocycles. The Labute approximate surface area is 49.7 Å². The molecule has 0 aromatic heterocycles. The Balaban J connectivity index is 0. The maximum Gasteiger partial charge on any atom is -0.00489 e. The standard InChI is InChI=1S/C5H11N.2H2O/c1-2-4-6-5-3-1;;/h6H,1-5H2;2*1H2. The van der Waals surface area contributed by atoms with Gasteiger partial charge in [-0.15, -0.1) is 0 Å². The zero-order valence-corrected chi connectivity index (χ0v) is 5.04. The highest BCUT2D eigenvalue weighted by molar-refractivity contribution is 4.55. The molecule has 1 heterocycles. The molecule has 0 spiro atoms. The number of hydrogen-bond donors (Lipinski definition) is 1. The van der Waals surface area contributed by atoms with Crippen molar-refractivity contribution in [3.63, 3.8) is 0 Å². The van der Waals surface area contributed by atoms with Crippen LogP contribution < -0.4 is 5.32 Å².